The number of rotatable bonds is 6. The van der Waals surface area contributed by atoms with E-state index < -0.39 is 10.0 Å². The van der Waals surface area contributed by atoms with Crippen LogP contribution in [0.3, 0.4) is 0 Å². The number of carbonyl (C=O) groups is 1. The lowest BCUT2D eigenvalue weighted by atomic mass is 10.0. The highest BCUT2D eigenvalue weighted by atomic mass is 32.2. The van der Waals surface area contributed by atoms with Gasteiger partial charge in [0, 0.05) is 25.2 Å². The molecule has 0 radical (unpaired) electrons. The Kier molecular flexibility index (Phi) is 6.26. The number of nitrogens with zero attached hydrogens (tertiary/aromatic N) is 1. The van der Waals surface area contributed by atoms with Crippen molar-refractivity contribution in [2.45, 2.75) is 13.0 Å². The Bertz CT molecular complexity index is 867. The number of benzene rings is 2. The third kappa shape index (κ3) is 5.15. The van der Waals surface area contributed by atoms with Gasteiger partial charge in [-0.25, -0.2) is 8.42 Å². The van der Waals surface area contributed by atoms with Gasteiger partial charge >= 0.3 is 0 Å². The Balaban J connectivity index is 1.53. The van der Waals surface area contributed by atoms with Crippen molar-refractivity contribution in [2.75, 3.05) is 32.0 Å². The smallest absolute Gasteiger partial charge is 0.251 e. The van der Waals surface area contributed by atoms with Crippen molar-refractivity contribution in [1.29, 1.82) is 0 Å². The van der Waals surface area contributed by atoms with Crippen LogP contribution in [0.4, 0.5) is 0 Å². The second-order valence-electron chi connectivity index (χ2n) is 6.55. The molecule has 0 saturated carbocycles. The highest BCUT2D eigenvalue weighted by Crippen LogP contribution is 2.19. The van der Waals surface area contributed by atoms with Crippen LogP contribution in [0.2, 0.25) is 0 Å². The second kappa shape index (κ2) is 8.65. The van der Waals surface area contributed by atoms with Crippen molar-refractivity contribution in [3.63, 3.8) is 0 Å². The summed E-state index contributed by atoms with van der Waals surface area (Å²) in [5, 5.41) is 2.69. The number of sulfonamides is 1. The maximum Gasteiger partial charge on any atom is 0.251 e. The topological polar surface area (TPSA) is 75.7 Å². The molecule has 2 aromatic rings. The molecule has 0 aromatic heterocycles. The largest absolute Gasteiger partial charge is 0.376 e. The van der Waals surface area contributed by atoms with Gasteiger partial charge in [-0.15, -0.1) is 0 Å². The van der Waals surface area contributed by atoms with E-state index in [9.17, 15) is 13.2 Å². The molecule has 1 fully saturated rings. The first-order valence-electron chi connectivity index (χ1n) is 8.99. The van der Waals surface area contributed by atoms with Crippen LogP contribution in [0.1, 0.15) is 17.3 Å². The number of amides is 1. The van der Waals surface area contributed by atoms with Crippen LogP contribution >= 0.6 is 0 Å². The molecule has 0 spiro atoms. The summed E-state index contributed by atoms with van der Waals surface area (Å²) < 4.78 is 31.5. The van der Waals surface area contributed by atoms with E-state index in [4.69, 9.17) is 4.74 Å². The zero-order valence-electron chi connectivity index (χ0n) is 15.3. The molecular weight excluding hydrogens is 364 g/mol. The summed E-state index contributed by atoms with van der Waals surface area (Å²) in [4.78, 5) is 12.3. The number of nitrogens with one attached hydrogen (secondary N) is 1. The molecule has 0 bridgehead atoms. The number of carbonyl (C=O) groups excluding carboxylic acids is 1. The fourth-order valence-electron chi connectivity index (χ4n) is 3.01. The molecule has 2 aromatic carbocycles. The zero-order chi connectivity index (χ0) is 19.3. The maximum absolute atomic E-state index is 12.4. The lowest BCUT2D eigenvalue weighted by Crippen LogP contribution is -2.46. The van der Waals surface area contributed by atoms with Crippen LogP contribution < -0.4 is 5.32 Å². The van der Waals surface area contributed by atoms with Crippen molar-refractivity contribution in [2.24, 2.45) is 0 Å². The van der Waals surface area contributed by atoms with Gasteiger partial charge in [-0.2, -0.15) is 4.31 Å². The van der Waals surface area contributed by atoms with Crippen LogP contribution in [0.25, 0.3) is 11.1 Å². The van der Waals surface area contributed by atoms with E-state index in [1.54, 1.807) is 12.1 Å². The van der Waals surface area contributed by atoms with E-state index in [0.29, 0.717) is 25.3 Å². The van der Waals surface area contributed by atoms with Gasteiger partial charge < -0.3 is 10.1 Å². The Hall–Kier alpha value is -2.22. The Morgan fingerprint density at radius 2 is 1.78 bits per heavy atom. The maximum atomic E-state index is 12.4. The summed E-state index contributed by atoms with van der Waals surface area (Å²) >= 11 is 0. The predicted molar refractivity (Wildman–Crippen MR) is 105 cm³/mol. The molecule has 144 valence electrons. The minimum Gasteiger partial charge on any atom is -0.376 e. The van der Waals surface area contributed by atoms with E-state index >= 15 is 0 Å². The standard InChI is InChI=1S/C20H24N2O4S/c1-16-15-22(12-13-26-16)27(24,25)14-11-21-20(23)19-9-7-18(8-10-19)17-5-3-2-4-6-17/h2-10,16H,11-15H2,1H3,(H,21,23). The van der Waals surface area contributed by atoms with Gasteiger partial charge in [-0.1, -0.05) is 42.5 Å². The molecule has 1 amide bonds. The average molecular weight is 388 g/mol. The Labute approximate surface area is 160 Å². The molecule has 1 unspecified atom stereocenters. The predicted octanol–water partition coefficient (Wildman–Crippen LogP) is 2.13. The van der Waals surface area contributed by atoms with Gasteiger partial charge in [0.2, 0.25) is 10.0 Å². The molecule has 6 nitrogen and oxygen atoms in total. The van der Waals surface area contributed by atoms with Gasteiger partial charge in [0.15, 0.2) is 0 Å². The summed E-state index contributed by atoms with van der Waals surface area (Å²) in [7, 11) is -3.40. The van der Waals surface area contributed by atoms with E-state index in [0.717, 1.165) is 11.1 Å². The van der Waals surface area contributed by atoms with Crippen molar-refractivity contribution < 1.29 is 17.9 Å². The molecule has 1 N–H and O–H groups in total. The first kappa shape index (κ1) is 19.5. The fourth-order valence-corrected chi connectivity index (χ4v) is 4.42. The van der Waals surface area contributed by atoms with E-state index in [-0.39, 0.29) is 24.3 Å². The van der Waals surface area contributed by atoms with Crippen molar-refractivity contribution in [3.8, 4) is 11.1 Å². The molecule has 1 saturated heterocycles. The van der Waals surface area contributed by atoms with Crippen LogP contribution in [0.15, 0.2) is 54.6 Å². The monoisotopic (exact) mass is 388 g/mol. The van der Waals surface area contributed by atoms with Gasteiger partial charge in [-0.3, -0.25) is 4.79 Å². The highest BCUT2D eigenvalue weighted by molar-refractivity contribution is 7.89. The summed E-state index contributed by atoms with van der Waals surface area (Å²) in [5.74, 6) is -0.395. The Morgan fingerprint density at radius 1 is 1.11 bits per heavy atom. The van der Waals surface area contributed by atoms with Crippen molar-refractivity contribution in [3.05, 3.63) is 60.2 Å². The third-order valence-corrected chi connectivity index (χ3v) is 6.34. The number of hydrogen-bond donors (Lipinski definition) is 1. The normalized spacial score (nSPS) is 18.2. The molecule has 1 heterocycles. The third-order valence-electron chi connectivity index (χ3n) is 4.50. The van der Waals surface area contributed by atoms with Crippen molar-refractivity contribution >= 4 is 15.9 Å². The molecule has 1 aliphatic rings. The Morgan fingerprint density at radius 3 is 2.44 bits per heavy atom. The number of ether oxygens (including phenoxy) is 1. The second-order valence-corrected chi connectivity index (χ2v) is 8.64. The molecule has 3 rings (SSSR count). The molecule has 1 aliphatic heterocycles. The molecular formula is C20H24N2O4S. The highest BCUT2D eigenvalue weighted by Gasteiger charge is 2.27. The van der Waals surface area contributed by atoms with Gasteiger partial charge in [-0.05, 0) is 30.2 Å². The van der Waals surface area contributed by atoms with E-state index in [2.05, 4.69) is 5.32 Å². The number of morpholine rings is 1. The van der Waals surface area contributed by atoms with Crippen molar-refractivity contribution in [1.82, 2.24) is 9.62 Å². The van der Waals surface area contributed by atoms with Crippen LogP contribution in [-0.2, 0) is 14.8 Å². The minimum atomic E-state index is -3.40. The molecule has 1 atom stereocenters. The van der Waals surface area contributed by atoms with Crippen LogP contribution in [0.5, 0.6) is 0 Å². The summed E-state index contributed by atoms with van der Waals surface area (Å²) in [5.41, 5.74) is 2.61. The number of hydrogen-bond acceptors (Lipinski definition) is 4. The molecule has 0 aliphatic carbocycles. The lowest BCUT2D eigenvalue weighted by molar-refractivity contribution is 0.0102. The van der Waals surface area contributed by atoms with Crippen LogP contribution in [-0.4, -0.2) is 56.7 Å². The quantitative estimate of drug-likeness (QED) is 0.823. The first-order chi connectivity index (χ1) is 13.0. The summed E-state index contributed by atoms with van der Waals surface area (Å²) in [6, 6.07) is 17.2. The summed E-state index contributed by atoms with van der Waals surface area (Å²) in [6.45, 7) is 3.05. The average Bonchev–Trinajstić information content (AvgIpc) is 2.68. The van der Waals surface area contributed by atoms with E-state index in [1.165, 1.54) is 4.31 Å². The van der Waals surface area contributed by atoms with Crippen LogP contribution in [0, 0.1) is 0 Å². The van der Waals surface area contributed by atoms with Gasteiger partial charge in [0.05, 0.1) is 18.5 Å². The fraction of sp³-hybridized carbons (Fsp3) is 0.350. The van der Waals surface area contributed by atoms with Gasteiger partial charge in [0.1, 0.15) is 0 Å². The van der Waals surface area contributed by atoms with E-state index in [1.807, 2.05) is 49.4 Å². The summed E-state index contributed by atoms with van der Waals surface area (Å²) in [6.07, 6.45) is -0.105. The zero-order valence-corrected chi connectivity index (χ0v) is 16.1. The SMILES string of the molecule is CC1CN(S(=O)(=O)CCNC(=O)c2ccc(-c3ccccc3)cc2)CCO1. The molecule has 7 heteroatoms. The van der Waals surface area contributed by atoms with Gasteiger partial charge in [0.25, 0.3) is 5.91 Å². The lowest BCUT2D eigenvalue weighted by Gasteiger charge is -2.30. The first-order valence-corrected chi connectivity index (χ1v) is 10.6. The molecule has 27 heavy (non-hydrogen) atoms. The minimum absolute atomic E-state index is 0.0767.